The summed E-state index contributed by atoms with van der Waals surface area (Å²) in [4.78, 5) is 38.5. The van der Waals surface area contributed by atoms with Gasteiger partial charge in [0.15, 0.2) is 6.73 Å². The molecule has 5 aliphatic rings. The maximum atomic E-state index is 13.0. The number of alkyl halides is 1. The smallest absolute Gasteiger partial charge is 0.313 e. The third-order valence-corrected chi connectivity index (χ3v) is 7.07. The first-order chi connectivity index (χ1) is 12.4. The van der Waals surface area contributed by atoms with Gasteiger partial charge in [0.1, 0.15) is 0 Å². The van der Waals surface area contributed by atoms with Gasteiger partial charge in [-0.2, -0.15) is 0 Å². The number of nitrogens with zero attached hydrogens (tertiary/aromatic N) is 1. The summed E-state index contributed by atoms with van der Waals surface area (Å²) in [6.45, 7) is -0.322. The van der Waals surface area contributed by atoms with Crippen LogP contribution in [0.15, 0.2) is 24.3 Å². The molecule has 5 nitrogen and oxygen atoms in total. The fraction of sp³-hybridized carbons (Fsp3) is 0.550. The Balaban J connectivity index is 1.32. The zero-order valence-electron chi connectivity index (χ0n) is 14.4. The van der Waals surface area contributed by atoms with Crippen LogP contribution in [0.4, 0.5) is 0 Å². The molecule has 2 atom stereocenters. The van der Waals surface area contributed by atoms with E-state index in [-0.39, 0.29) is 17.6 Å². The van der Waals surface area contributed by atoms with Gasteiger partial charge < -0.3 is 4.74 Å². The molecule has 0 N–H and O–H groups in total. The van der Waals surface area contributed by atoms with E-state index in [0.717, 1.165) is 37.0 Å². The van der Waals surface area contributed by atoms with Gasteiger partial charge in [0.05, 0.1) is 16.5 Å². The van der Waals surface area contributed by atoms with Crippen molar-refractivity contribution in [2.75, 3.05) is 6.73 Å². The van der Waals surface area contributed by atoms with E-state index in [0.29, 0.717) is 29.4 Å². The second-order valence-corrected chi connectivity index (χ2v) is 9.34. The Kier molecular flexibility index (Phi) is 3.34. The number of benzene rings is 1. The number of carbonyl (C=O) groups is 3. The van der Waals surface area contributed by atoms with Gasteiger partial charge in [-0.1, -0.05) is 12.1 Å². The molecule has 2 unspecified atom stereocenters. The van der Waals surface area contributed by atoms with E-state index in [1.807, 2.05) is 0 Å². The third kappa shape index (κ3) is 2.26. The molecule has 6 heteroatoms. The van der Waals surface area contributed by atoms with E-state index < -0.39 is 17.2 Å². The van der Waals surface area contributed by atoms with E-state index in [9.17, 15) is 14.4 Å². The van der Waals surface area contributed by atoms with Crippen molar-refractivity contribution in [1.82, 2.24) is 4.90 Å². The molecule has 0 spiro atoms. The molecule has 0 aromatic heterocycles. The van der Waals surface area contributed by atoms with E-state index in [2.05, 4.69) is 0 Å². The lowest BCUT2D eigenvalue weighted by atomic mass is 9.49. The zero-order chi connectivity index (χ0) is 18.1. The fourth-order valence-corrected chi connectivity index (χ4v) is 6.71. The Morgan fingerprint density at radius 2 is 1.65 bits per heavy atom. The molecule has 1 aliphatic heterocycles. The number of rotatable bonds is 3. The number of hydrogen-bond donors (Lipinski definition) is 0. The van der Waals surface area contributed by atoms with Crippen molar-refractivity contribution in [3.8, 4) is 0 Å². The number of esters is 1. The van der Waals surface area contributed by atoms with Gasteiger partial charge in [-0.3, -0.25) is 14.4 Å². The topological polar surface area (TPSA) is 63.7 Å². The largest absolute Gasteiger partial charge is 0.443 e. The molecular formula is C20H20ClNO4. The van der Waals surface area contributed by atoms with Crippen molar-refractivity contribution in [2.24, 2.45) is 17.3 Å². The van der Waals surface area contributed by atoms with E-state index in [1.165, 1.54) is 0 Å². The molecule has 136 valence electrons. The molecule has 0 saturated heterocycles. The number of imide groups is 1. The van der Waals surface area contributed by atoms with E-state index in [4.69, 9.17) is 16.3 Å². The molecule has 26 heavy (non-hydrogen) atoms. The molecule has 1 aromatic rings. The highest BCUT2D eigenvalue weighted by Gasteiger charge is 2.61. The average molecular weight is 374 g/mol. The molecule has 4 bridgehead atoms. The molecule has 1 aromatic carbocycles. The number of hydrogen-bond acceptors (Lipinski definition) is 4. The lowest BCUT2D eigenvalue weighted by molar-refractivity contribution is -0.172. The van der Waals surface area contributed by atoms with Crippen LogP contribution in [-0.2, 0) is 9.53 Å². The lowest BCUT2D eigenvalue weighted by Crippen LogP contribution is -2.56. The van der Waals surface area contributed by atoms with Crippen LogP contribution in [0, 0.1) is 17.3 Å². The maximum absolute atomic E-state index is 13.0. The first-order valence-corrected chi connectivity index (χ1v) is 9.58. The molecule has 6 rings (SSSR count). The Morgan fingerprint density at radius 1 is 1.08 bits per heavy atom. The second kappa shape index (κ2) is 5.32. The molecular weight excluding hydrogens is 354 g/mol. The van der Waals surface area contributed by atoms with Crippen LogP contribution in [0.2, 0.25) is 0 Å². The number of ether oxygens (including phenoxy) is 1. The Labute approximate surface area is 156 Å². The minimum atomic E-state index is -0.537. The summed E-state index contributed by atoms with van der Waals surface area (Å²) in [6, 6.07) is 6.67. The molecule has 4 saturated carbocycles. The van der Waals surface area contributed by atoms with Crippen molar-refractivity contribution in [3.05, 3.63) is 35.4 Å². The SMILES string of the molecule is O=C1c2ccccc2C(=O)N1COC(=O)C12CC3CC(CC(Cl)(C3)C1)C2. The number of amides is 2. The minimum Gasteiger partial charge on any atom is -0.443 e. The number of halogens is 1. The molecule has 4 fully saturated rings. The first-order valence-electron chi connectivity index (χ1n) is 9.21. The summed E-state index contributed by atoms with van der Waals surface area (Å²) in [5.41, 5.74) is 0.191. The summed E-state index contributed by atoms with van der Waals surface area (Å²) in [7, 11) is 0. The fourth-order valence-electron chi connectivity index (χ4n) is 6.02. The highest BCUT2D eigenvalue weighted by molar-refractivity contribution is 6.24. The normalized spacial score (nSPS) is 37.2. The average Bonchev–Trinajstić information content (AvgIpc) is 2.82. The van der Waals surface area contributed by atoms with Crippen LogP contribution < -0.4 is 0 Å². The van der Waals surface area contributed by atoms with Crippen LogP contribution >= 0.6 is 11.6 Å². The Bertz CT molecular complexity index is 786. The lowest BCUT2D eigenvalue weighted by Gasteiger charge is -2.58. The predicted molar refractivity (Wildman–Crippen MR) is 93.6 cm³/mol. The van der Waals surface area contributed by atoms with Gasteiger partial charge in [0, 0.05) is 4.87 Å². The van der Waals surface area contributed by atoms with Crippen molar-refractivity contribution in [2.45, 2.75) is 43.4 Å². The van der Waals surface area contributed by atoms with Crippen LogP contribution in [0.1, 0.15) is 59.2 Å². The molecule has 0 radical (unpaired) electrons. The molecule has 4 aliphatic carbocycles. The Hall–Kier alpha value is -1.88. The van der Waals surface area contributed by atoms with E-state index in [1.54, 1.807) is 24.3 Å². The van der Waals surface area contributed by atoms with Crippen LogP contribution in [0.3, 0.4) is 0 Å². The van der Waals surface area contributed by atoms with Gasteiger partial charge in [-0.25, -0.2) is 4.90 Å². The number of carbonyl (C=O) groups excluding carboxylic acids is 3. The summed E-state index contributed by atoms with van der Waals surface area (Å²) in [5, 5.41) is 0. The van der Waals surface area contributed by atoms with Crippen LogP contribution in [-0.4, -0.2) is 34.3 Å². The van der Waals surface area contributed by atoms with Crippen molar-refractivity contribution in [1.29, 1.82) is 0 Å². The standard InChI is InChI=1S/C20H20ClNO4/c21-20-8-12-5-13(9-20)7-19(6-12,10-20)18(25)26-11-22-16(23)14-3-1-2-4-15(14)17(22)24/h1-4,12-13H,5-11H2. The second-order valence-electron chi connectivity index (χ2n) is 8.54. The zero-order valence-corrected chi connectivity index (χ0v) is 15.1. The monoisotopic (exact) mass is 373 g/mol. The van der Waals surface area contributed by atoms with Crippen LogP contribution in [0.25, 0.3) is 0 Å². The highest BCUT2D eigenvalue weighted by Crippen LogP contribution is 2.64. The van der Waals surface area contributed by atoms with Gasteiger partial charge in [-0.05, 0) is 62.5 Å². The first kappa shape index (κ1) is 16.3. The van der Waals surface area contributed by atoms with Crippen molar-refractivity contribution in [3.63, 3.8) is 0 Å². The summed E-state index contributed by atoms with van der Waals surface area (Å²) >= 11 is 6.77. The van der Waals surface area contributed by atoms with Gasteiger partial charge in [0.25, 0.3) is 11.8 Å². The van der Waals surface area contributed by atoms with Gasteiger partial charge in [-0.15, -0.1) is 11.6 Å². The maximum Gasteiger partial charge on any atom is 0.313 e. The van der Waals surface area contributed by atoms with Crippen molar-refractivity contribution < 1.29 is 19.1 Å². The summed E-state index contributed by atoms with van der Waals surface area (Å²) in [5.74, 6) is -0.134. The van der Waals surface area contributed by atoms with Crippen LogP contribution in [0.5, 0.6) is 0 Å². The number of fused-ring (bicyclic) bond motifs is 1. The quantitative estimate of drug-likeness (QED) is 0.463. The Morgan fingerprint density at radius 3 is 2.19 bits per heavy atom. The van der Waals surface area contributed by atoms with Gasteiger partial charge in [0.2, 0.25) is 0 Å². The molecule has 1 heterocycles. The summed E-state index contributed by atoms with van der Waals surface area (Å²) in [6.07, 6.45) is 5.41. The highest BCUT2D eigenvalue weighted by atomic mass is 35.5. The predicted octanol–water partition coefficient (Wildman–Crippen LogP) is 3.36. The molecule has 2 amide bonds. The summed E-state index contributed by atoms with van der Waals surface area (Å²) < 4.78 is 5.51. The van der Waals surface area contributed by atoms with Gasteiger partial charge >= 0.3 is 5.97 Å². The van der Waals surface area contributed by atoms with Crippen molar-refractivity contribution >= 4 is 29.4 Å². The third-order valence-electron chi connectivity index (χ3n) is 6.63. The van der Waals surface area contributed by atoms with E-state index >= 15 is 0 Å². The minimum absolute atomic E-state index is 0.279.